The van der Waals surface area contributed by atoms with Crippen LogP contribution in [0.5, 0.6) is 5.75 Å². The normalized spacial score (nSPS) is 27.4. The zero-order valence-electron chi connectivity index (χ0n) is 19.9. The Hall–Kier alpha value is -2.37. The first kappa shape index (κ1) is 27.2. The van der Waals surface area contributed by atoms with Gasteiger partial charge in [0.05, 0.1) is 23.8 Å². The summed E-state index contributed by atoms with van der Waals surface area (Å²) in [7, 11) is 0. The number of likely N-dealkylation sites (tertiary alicyclic amines) is 1. The molecule has 3 aliphatic rings. The van der Waals surface area contributed by atoms with E-state index in [0.29, 0.717) is 5.56 Å². The highest BCUT2D eigenvalue weighted by molar-refractivity contribution is 9.12. The number of carbonyl (C=O) groups is 5. The Labute approximate surface area is 243 Å². The molecule has 2 aromatic rings. The zero-order chi connectivity index (χ0) is 27.1. The molecule has 3 fully saturated rings. The minimum atomic E-state index is -0.671. The SMILES string of the molecule is O=C(CCN1C(=O)C2C3CC(C(Br)C3Br)C2C1=O)OCC(=O)c1ccc(OC(=O)c2ccc(Br)cc2)cc1. The van der Waals surface area contributed by atoms with E-state index in [2.05, 4.69) is 47.8 Å². The molecule has 1 heterocycles. The summed E-state index contributed by atoms with van der Waals surface area (Å²) in [6, 6.07) is 12.6. The van der Waals surface area contributed by atoms with Crippen LogP contribution in [0.1, 0.15) is 33.6 Å². The van der Waals surface area contributed by atoms with Gasteiger partial charge in [0, 0.05) is 26.2 Å². The van der Waals surface area contributed by atoms with E-state index in [4.69, 9.17) is 9.47 Å². The van der Waals surface area contributed by atoms with Crippen LogP contribution >= 0.6 is 47.8 Å². The van der Waals surface area contributed by atoms with E-state index in [1.807, 2.05) is 0 Å². The van der Waals surface area contributed by atoms with Crippen LogP contribution in [0.25, 0.3) is 0 Å². The highest BCUT2D eigenvalue weighted by Crippen LogP contribution is 2.60. The highest BCUT2D eigenvalue weighted by atomic mass is 79.9. The molecule has 2 saturated carbocycles. The molecular formula is C27H22Br3NO7. The van der Waals surface area contributed by atoms with Crippen LogP contribution in [0, 0.1) is 23.7 Å². The number of ketones is 1. The number of esters is 2. The lowest BCUT2D eigenvalue weighted by atomic mass is 9.81. The van der Waals surface area contributed by atoms with Gasteiger partial charge in [-0.15, -0.1) is 0 Å². The number of Topliss-reactive ketones (excluding diaryl/α,β-unsaturated/α-hetero) is 1. The minimum absolute atomic E-state index is 0.0601. The maximum Gasteiger partial charge on any atom is 0.343 e. The Morgan fingerprint density at radius 1 is 0.842 bits per heavy atom. The van der Waals surface area contributed by atoms with E-state index in [0.717, 1.165) is 10.9 Å². The summed E-state index contributed by atoms with van der Waals surface area (Å²) in [5.41, 5.74) is 0.663. The van der Waals surface area contributed by atoms with Crippen molar-refractivity contribution >= 4 is 77.3 Å². The van der Waals surface area contributed by atoms with Gasteiger partial charge in [0.2, 0.25) is 11.8 Å². The van der Waals surface area contributed by atoms with Crippen molar-refractivity contribution in [2.45, 2.75) is 22.5 Å². The lowest BCUT2D eigenvalue weighted by Gasteiger charge is -2.28. The number of nitrogens with zero attached hydrogens (tertiary/aromatic N) is 1. The Morgan fingerprint density at radius 3 is 1.97 bits per heavy atom. The Kier molecular flexibility index (Phi) is 7.89. The van der Waals surface area contributed by atoms with Crippen molar-refractivity contribution in [3.05, 3.63) is 64.1 Å². The van der Waals surface area contributed by atoms with Crippen LogP contribution in [0.4, 0.5) is 0 Å². The second-order valence-electron chi connectivity index (χ2n) is 9.59. The summed E-state index contributed by atoms with van der Waals surface area (Å²) < 4.78 is 11.2. The first-order chi connectivity index (χ1) is 18.2. The lowest BCUT2D eigenvalue weighted by molar-refractivity contribution is -0.145. The summed E-state index contributed by atoms with van der Waals surface area (Å²) >= 11 is 10.6. The van der Waals surface area contributed by atoms with Gasteiger partial charge in [-0.05, 0) is 66.8 Å². The zero-order valence-corrected chi connectivity index (χ0v) is 24.6. The molecule has 5 rings (SSSR count). The number of fused-ring (bicyclic) bond motifs is 5. The maximum absolute atomic E-state index is 12.9. The van der Waals surface area contributed by atoms with E-state index in [9.17, 15) is 24.0 Å². The number of hydrogen-bond donors (Lipinski definition) is 0. The molecule has 1 aliphatic heterocycles. The van der Waals surface area contributed by atoms with E-state index in [1.165, 1.54) is 29.2 Å². The fraction of sp³-hybridized carbons (Fsp3) is 0.370. The average Bonchev–Trinajstić information content (AvgIpc) is 3.51. The van der Waals surface area contributed by atoms with Crippen molar-refractivity contribution in [3.63, 3.8) is 0 Å². The van der Waals surface area contributed by atoms with E-state index in [1.54, 1.807) is 24.3 Å². The summed E-state index contributed by atoms with van der Waals surface area (Å²) in [5, 5.41) is 0. The number of benzene rings is 2. The molecule has 2 bridgehead atoms. The second kappa shape index (κ2) is 11.0. The molecule has 2 aromatic carbocycles. The van der Waals surface area contributed by atoms with Crippen molar-refractivity contribution in [2.24, 2.45) is 23.7 Å². The number of imide groups is 1. The van der Waals surface area contributed by atoms with Crippen molar-refractivity contribution in [3.8, 4) is 5.75 Å². The minimum Gasteiger partial charge on any atom is -0.457 e. The number of amides is 2. The molecule has 1 saturated heterocycles. The van der Waals surface area contributed by atoms with Gasteiger partial charge >= 0.3 is 11.9 Å². The monoisotopic (exact) mass is 709 g/mol. The van der Waals surface area contributed by atoms with Gasteiger partial charge in [-0.25, -0.2) is 4.79 Å². The molecular weight excluding hydrogens is 690 g/mol. The number of alkyl halides is 2. The number of ether oxygens (including phenoxy) is 2. The first-order valence-corrected chi connectivity index (χ1v) is 14.7. The average molecular weight is 712 g/mol. The van der Waals surface area contributed by atoms with Gasteiger partial charge < -0.3 is 9.47 Å². The molecule has 38 heavy (non-hydrogen) atoms. The molecule has 0 aromatic heterocycles. The van der Waals surface area contributed by atoms with Gasteiger partial charge in [0.15, 0.2) is 12.4 Å². The molecule has 2 amide bonds. The van der Waals surface area contributed by atoms with Crippen LogP contribution in [-0.2, 0) is 19.1 Å². The molecule has 6 atom stereocenters. The van der Waals surface area contributed by atoms with Crippen molar-refractivity contribution in [1.82, 2.24) is 4.90 Å². The maximum atomic E-state index is 12.9. The van der Waals surface area contributed by atoms with Crippen molar-refractivity contribution < 1.29 is 33.4 Å². The molecule has 198 valence electrons. The predicted octanol–water partition coefficient (Wildman–Crippen LogP) is 4.56. The topological polar surface area (TPSA) is 107 Å². The molecule has 8 nitrogen and oxygen atoms in total. The van der Waals surface area contributed by atoms with Crippen LogP contribution in [0.15, 0.2) is 53.0 Å². The molecule has 11 heteroatoms. The standard InChI is InChI=1S/C27H22Br3NO7/c28-15-5-1-14(2-6-15)27(36)38-16-7-3-13(4-8-16)19(32)12-37-20(33)9-10-31-25(34)21-17-11-18(22(21)26(31)35)24(30)23(17)29/h1-8,17-18,21-24H,9-12H2. The van der Waals surface area contributed by atoms with E-state index < -0.39 is 24.3 Å². The summed E-state index contributed by atoms with van der Waals surface area (Å²) in [6.45, 7) is -0.542. The number of carbonyl (C=O) groups excluding carboxylic acids is 5. The Morgan fingerprint density at radius 2 is 1.39 bits per heavy atom. The van der Waals surface area contributed by atoms with Gasteiger partial charge in [-0.3, -0.25) is 24.1 Å². The van der Waals surface area contributed by atoms with Crippen molar-refractivity contribution in [1.29, 1.82) is 0 Å². The van der Waals surface area contributed by atoms with Gasteiger partial charge in [0.1, 0.15) is 5.75 Å². The van der Waals surface area contributed by atoms with Gasteiger partial charge in [-0.1, -0.05) is 47.8 Å². The van der Waals surface area contributed by atoms with Gasteiger partial charge in [0.25, 0.3) is 0 Å². The smallest absolute Gasteiger partial charge is 0.343 e. The molecule has 0 N–H and O–H groups in total. The third-order valence-corrected chi connectivity index (χ3v) is 11.2. The number of halogens is 3. The Bertz CT molecular complexity index is 1260. The van der Waals surface area contributed by atoms with E-state index in [-0.39, 0.29) is 69.4 Å². The lowest BCUT2D eigenvalue weighted by Crippen LogP contribution is -2.37. The third-order valence-electron chi connectivity index (χ3n) is 7.45. The molecule has 2 aliphatic carbocycles. The van der Waals surface area contributed by atoms with Crippen LogP contribution in [0.3, 0.4) is 0 Å². The predicted molar refractivity (Wildman–Crippen MR) is 146 cm³/mol. The quantitative estimate of drug-likeness (QED) is 0.130. The third kappa shape index (κ3) is 5.12. The first-order valence-electron chi connectivity index (χ1n) is 12.1. The van der Waals surface area contributed by atoms with Crippen molar-refractivity contribution in [2.75, 3.05) is 13.2 Å². The van der Waals surface area contributed by atoms with E-state index >= 15 is 0 Å². The fourth-order valence-electron chi connectivity index (χ4n) is 5.60. The highest BCUT2D eigenvalue weighted by Gasteiger charge is 2.66. The summed E-state index contributed by atoms with van der Waals surface area (Å²) in [5.74, 6) is -2.26. The van der Waals surface area contributed by atoms with Crippen LogP contribution in [0.2, 0.25) is 0 Å². The molecule has 0 spiro atoms. The van der Waals surface area contributed by atoms with Gasteiger partial charge in [-0.2, -0.15) is 0 Å². The number of hydrogen-bond acceptors (Lipinski definition) is 7. The summed E-state index contributed by atoms with van der Waals surface area (Å²) in [6.07, 6.45) is 0.658. The molecule has 0 radical (unpaired) electrons. The second-order valence-corrected chi connectivity index (χ2v) is 12.6. The number of rotatable bonds is 8. The largest absolute Gasteiger partial charge is 0.457 e. The molecule has 6 unspecified atom stereocenters. The van der Waals surface area contributed by atoms with Crippen LogP contribution < -0.4 is 4.74 Å². The Balaban J connectivity index is 1.08. The fourth-order valence-corrected chi connectivity index (χ4v) is 7.73. The summed E-state index contributed by atoms with van der Waals surface area (Å²) in [4.78, 5) is 64.3. The van der Waals surface area contributed by atoms with Crippen LogP contribution in [-0.4, -0.2) is 57.2 Å².